The molecule has 0 aliphatic carbocycles. The largest absolute Gasteiger partial charge is 0.374 e. The maximum absolute atomic E-state index is 5.36. The zero-order chi connectivity index (χ0) is 12.7. The van der Waals surface area contributed by atoms with Crippen molar-refractivity contribution in [3.8, 4) is 11.3 Å². The number of nitrogens with zero attached hydrogens (tertiary/aromatic N) is 3. The predicted octanol–water partition coefficient (Wildman–Crippen LogP) is 3.33. The van der Waals surface area contributed by atoms with E-state index in [1.54, 1.807) is 11.3 Å². The molecular formula is C13H13N3OS. The molecule has 0 aromatic carbocycles. The minimum atomic E-state index is 0.747. The fourth-order valence-corrected chi connectivity index (χ4v) is 2.55. The van der Waals surface area contributed by atoms with Gasteiger partial charge in [0.2, 0.25) is 5.58 Å². The standard InChI is InChI=1S/C13H13N3OS/c1-8-12-13(17-15-8)11(16(2)3)6-10(14-12)9-4-5-18-7-9/h4-7H,1-3H3. The molecule has 4 nitrogen and oxygen atoms in total. The van der Waals surface area contributed by atoms with Crippen molar-refractivity contribution < 1.29 is 4.52 Å². The van der Waals surface area contributed by atoms with Crippen LogP contribution in [0.15, 0.2) is 27.4 Å². The van der Waals surface area contributed by atoms with Crippen LogP contribution in [0.5, 0.6) is 0 Å². The second-order valence-electron chi connectivity index (χ2n) is 4.38. The Balaban J connectivity index is 2.32. The molecule has 3 aromatic heterocycles. The molecule has 18 heavy (non-hydrogen) atoms. The van der Waals surface area contributed by atoms with Gasteiger partial charge in [-0.05, 0) is 24.4 Å². The molecule has 0 saturated heterocycles. The molecule has 0 unspecified atom stereocenters. The number of rotatable bonds is 2. The van der Waals surface area contributed by atoms with Gasteiger partial charge in [0.1, 0.15) is 11.2 Å². The van der Waals surface area contributed by atoms with Crippen LogP contribution in [0.4, 0.5) is 5.69 Å². The SMILES string of the molecule is Cc1noc2c(N(C)C)cc(-c3ccsc3)nc12. The number of anilines is 1. The second kappa shape index (κ2) is 4.10. The number of aryl methyl sites for hydroxylation is 1. The topological polar surface area (TPSA) is 42.2 Å². The fraction of sp³-hybridized carbons (Fsp3) is 0.231. The molecule has 0 spiro atoms. The van der Waals surface area contributed by atoms with E-state index < -0.39 is 0 Å². The Morgan fingerprint density at radius 1 is 1.33 bits per heavy atom. The number of hydrogen-bond donors (Lipinski definition) is 0. The van der Waals surface area contributed by atoms with Gasteiger partial charge in [0, 0.05) is 25.0 Å². The summed E-state index contributed by atoms with van der Waals surface area (Å²) in [6, 6.07) is 4.11. The molecular weight excluding hydrogens is 246 g/mol. The van der Waals surface area contributed by atoms with Crippen LogP contribution in [0, 0.1) is 6.92 Å². The number of hydrogen-bond acceptors (Lipinski definition) is 5. The number of thiophene rings is 1. The minimum absolute atomic E-state index is 0.747. The molecule has 3 aromatic rings. The molecule has 3 heterocycles. The Morgan fingerprint density at radius 3 is 2.83 bits per heavy atom. The first-order valence-electron chi connectivity index (χ1n) is 5.63. The molecule has 0 N–H and O–H groups in total. The van der Waals surface area contributed by atoms with Crippen molar-refractivity contribution in [1.29, 1.82) is 0 Å². The molecule has 0 radical (unpaired) electrons. The van der Waals surface area contributed by atoms with Gasteiger partial charge in [-0.15, -0.1) is 0 Å². The van der Waals surface area contributed by atoms with Gasteiger partial charge in [-0.2, -0.15) is 11.3 Å². The fourth-order valence-electron chi connectivity index (χ4n) is 1.90. The third-order valence-electron chi connectivity index (χ3n) is 2.87. The van der Waals surface area contributed by atoms with E-state index in [4.69, 9.17) is 4.52 Å². The Labute approximate surface area is 109 Å². The normalized spacial score (nSPS) is 11.1. The van der Waals surface area contributed by atoms with Crippen molar-refractivity contribution in [2.75, 3.05) is 19.0 Å². The van der Waals surface area contributed by atoms with Crippen LogP contribution in [-0.4, -0.2) is 24.2 Å². The summed E-state index contributed by atoms with van der Waals surface area (Å²) in [5.41, 5.74) is 5.50. The third kappa shape index (κ3) is 1.67. The maximum atomic E-state index is 5.36. The highest BCUT2D eigenvalue weighted by atomic mass is 32.1. The first kappa shape index (κ1) is 11.2. The van der Waals surface area contributed by atoms with Gasteiger partial charge in [0.05, 0.1) is 11.4 Å². The van der Waals surface area contributed by atoms with Gasteiger partial charge in [0.25, 0.3) is 0 Å². The van der Waals surface area contributed by atoms with Crippen molar-refractivity contribution in [1.82, 2.24) is 10.1 Å². The van der Waals surface area contributed by atoms with Gasteiger partial charge >= 0.3 is 0 Å². The van der Waals surface area contributed by atoms with E-state index in [1.165, 1.54) is 0 Å². The second-order valence-corrected chi connectivity index (χ2v) is 5.16. The zero-order valence-corrected chi connectivity index (χ0v) is 11.3. The van der Waals surface area contributed by atoms with Gasteiger partial charge in [0.15, 0.2) is 0 Å². The van der Waals surface area contributed by atoms with Crippen LogP contribution in [0.2, 0.25) is 0 Å². The van der Waals surface area contributed by atoms with E-state index in [0.29, 0.717) is 0 Å². The van der Waals surface area contributed by atoms with Crippen molar-refractivity contribution in [2.45, 2.75) is 6.92 Å². The quantitative estimate of drug-likeness (QED) is 0.708. The lowest BCUT2D eigenvalue weighted by Crippen LogP contribution is -2.09. The summed E-state index contributed by atoms with van der Waals surface area (Å²) in [5.74, 6) is 0. The van der Waals surface area contributed by atoms with E-state index in [0.717, 1.165) is 33.7 Å². The van der Waals surface area contributed by atoms with Crippen LogP contribution < -0.4 is 4.90 Å². The summed E-state index contributed by atoms with van der Waals surface area (Å²) in [5, 5.41) is 8.15. The lowest BCUT2D eigenvalue weighted by Gasteiger charge is -2.13. The van der Waals surface area contributed by atoms with Crippen molar-refractivity contribution in [3.63, 3.8) is 0 Å². The summed E-state index contributed by atoms with van der Waals surface area (Å²) in [7, 11) is 3.98. The van der Waals surface area contributed by atoms with E-state index >= 15 is 0 Å². The number of pyridine rings is 1. The first-order valence-corrected chi connectivity index (χ1v) is 6.58. The number of aromatic nitrogens is 2. The Bertz CT molecular complexity index is 686. The highest BCUT2D eigenvalue weighted by molar-refractivity contribution is 7.08. The van der Waals surface area contributed by atoms with E-state index in [9.17, 15) is 0 Å². The Hall–Kier alpha value is -1.88. The molecule has 5 heteroatoms. The van der Waals surface area contributed by atoms with Crippen molar-refractivity contribution >= 4 is 28.1 Å². The lowest BCUT2D eigenvalue weighted by molar-refractivity contribution is 0.450. The van der Waals surface area contributed by atoms with E-state index in [-0.39, 0.29) is 0 Å². The Kier molecular flexibility index (Phi) is 2.56. The molecule has 0 bridgehead atoms. The van der Waals surface area contributed by atoms with Crippen LogP contribution in [0.3, 0.4) is 0 Å². The third-order valence-corrected chi connectivity index (χ3v) is 3.55. The molecule has 0 saturated carbocycles. The van der Waals surface area contributed by atoms with E-state index in [1.807, 2.05) is 32.0 Å². The van der Waals surface area contributed by atoms with Gasteiger partial charge in [-0.3, -0.25) is 0 Å². The summed E-state index contributed by atoms with van der Waals surface area (Å²) < 4.78 is 5.36. The smallest absolute Gasteiger partial charge is 0.208 e. The highest BCUT2D eigenvalue weighted by Gasteiger charge is 2.15. The monoisotopic (exact) mass is 259 g/mol. The molecule has 0 aliphatic rings. The Morgan fingerprint density at radius 2 is 2.17 bits per heavy atom. The van der Waals surface area contributed by atoms with Gasteiger partial charge < -0.3 is 9.42 Å². The average Bonchev–Trinajstić information content (AvgIpc) is 2.98. The van der Waals surface area contributed by atoms with Crippen molar-refractivity contribution in [2.24, 2.45) is 0 Å². The molecule has 0 amide bonds. The summed E-state index contributed by atoms with van der Waals surface area (Å²) in [6.45, 7) is 1.91. The molecule has 92 valence electrons. The van der Waals surface area contributed by atoms with E-state index in [2.05, 4.69) is 27.0 Å². The van der Waals surface area contributed by atoms with Gasteiger partial charge in [-0.1, -0.05) is 5.16 Å². The van der Waals surface area contributed by atoms with Crippen LogP contribution >= 0.6 is 11.3 Å². The predicted molar refractivity (Wildman–Crippen MR) is 74.2 cm³/mol. The van der Waals surface area contributed by atoms with Gasteiger partial charge in [-0.25, -0.2) is 4.98 Å². The zero-order valence-electron chi connectivity index (χ0n) is 10.5. The molecule has 3 rings (SSSR count). The average molecular weight is 259 g/mol. The first-order chi connectivity index (χ1) is 8.66. The molecule has 0 atom stereocenters. The summed E-state index contributed by atoms with van der Waals surface area (Å²) in [6.07, 6.45) is 0. The lowest BCUT2D eigenvalue weighted by atomic mass is 10.2. The summed E-state index contributed by atoms with van der Waals surface area (Å²) >= 11 is 1.67. The van der Waals surface area contributed by atoms with Crippen LogP contribution in [-0.2, 0) is 0 Å². The minimum Gasteiger partial charge on any atom is -0.374 e. The molecule has 0 aliphatic heterocycles. The molecule has 0 fully saturated rings. The van der Waals surface area contributed by atoms with Crippen LogP contribution in [0.25, 0.3) is 22.4 Å². The summed E-state index contributed by atoms with van der Waals surface area (Å²) in [4.78, 5) is 6.66. The highest BCUT2D eigenvalue weighted by Crippen LogP contribution is 2.31. The van der Waals surface area contributed by atoms with Crippen molar-refractivity contribution in [3.05, 3.63) is 28.6 Å². The maximum Gasteiger partial charge on any atom is 0.208 e. The van der Waals surface area contributed by atoms with Crippen LogP contribution in [0.1, 0.15) is 5.69 Å². The number of fused-ring (bicyclic) bond motifs is 1.